The number of aromatic nitrogens is 1. The summed E-state index contributed by atoms with van der Waals surface area (Å²) in [6.45, 7) is 5.42. The smallest absolute Gasteiger partial charge is 0.368 e. The minimum absolute atomic E-state index is 0.299. The molecule has 0 radical (unpaired) electrons. The highest BCUT2D eigenvalue weighted by atomic mass is 32.1. The molecule has 0 fully saturated rings. The Labute approximate surface area is 80.7 Å². The molecular weight excluding hydrogens is 188 g/mol. The lowest BCUT2D eigenvalue weighted by Crippen LogP contribution is -2.23. The van der Waals surface area contributed by atoms with Crippen LogP contribution in [0.2, 0.25) is 0 Å². The summed E-state index contributed by atoms with van der Waals surface area (Å²) in [5, 5.41) is 1.91. The first-order valence-electron chi connectivity index (χ1n) is 3.83. The van der Waals surface area contributed by atoms with Gasteiger partial charge < -0.3 is 10.5 Å². The fourth-order valence-corrected chi connectivity index (χ4v) is 1.28. The van der Waals surface area contributed by atoms with E-state index in [0.29, 0.717) is 10.8 Å². The third kappa shape index (κ3) is 3.02. The summed E-state index contributed by atoms with van der Waals surface area (Å²) >= 11 is 1.19. The fourth-order valence-electron chi connectivity index (χ4n) is 0.702. The minimum Gasteiger partial charge on any atom is -0.455 e. The van der Waals surface area contributed by atoms with Crippen LogP contribution >= 0.6 is 11.3 Å². The lowest BCUT2D eigenvalue weighted by molar-refractivity contribution is 0.00693. The average Bonchev–Trinajstić information content (AvgIpc) is 2.31. The number of rotatable bonds is 1. The Bertz CT molecular complexity index is 314. The van der Waals surface area contributed by atoms with Gasteiger partial charge in [-0.2, -0.15) is 0 Å². The highest BCUT2D eigenvalue weighted by molar-refractivity contribution is 7.12. The molecule has 1 heterocycles. The van der Waals surface area contributed by atoms with Crippen molar-refractivity contribution in [3.8, 4) is 0 Å². The Balaban J connectivity index is 2.70. The van der Waals surface area contributed by atoms with E-state index in [1.807, 2.05) is 20.8 Å². The van der Waals surface area contributed by atoms with Crippen LogP contribution < -0.4 is 5.73 Å². The molecule has 1 aromatic heterocycles. The molecule has 0 saturated carbocycles. The molecule has 13 heavy (non-hydrogen) atoms. The van der Waals surface area contributed by atoms with Crippen LogP contribution in [0.25, 0.3) is 0 Å². The van der Waals surface area contributed by atoms with Crippen LogP contribution in [-0.4, -0.2) is 16.6 Å². The Morgan fingerprint density at radius 1 is 1.62 bits per heavy atom. The third-order valence-electron chi connectivity index (χ3n) is 1.10. The second-order valence-corrected chi connectivity index (χ2v) is 4.44. The number of nitrogen functional groups attached to an aromatic ring is 1. The Morgan fingerprint density at radius 3 is 2.62 bits per heavy atom. The Morgan fingerprint density at radius 2 is 2.23 bits per heavy atom. The number of hydrogen-bond donors (Lipinski definition) is 1. The van der Waals surface area contributed by atoms with Crippen LogP contribution in [0.3, 0.4) is 0 Å². The monoisotopic (exact) mass is 200 g/mol. The van der Waals surface area contributed by atoms with Gasteiger partial charge in [0.2, 0.25) is 5.01 Å². The maximum Gasteiger partial charge on any atom is 0.368 e. The summed E-state index contributed by atoms with van der Waals surface area (Å²) in [7, 11) is 0. The third-order valence-corrected chi connectivity index (χ3v) is 1.94. The number of hydrogen-bond acceptors (Lipinski definition) is 5. The van der Waals surface area contributed by atoms with Gasteiger partial charge in [0.05, 0.1) is 0 Å². The van der Waals surface area contributed by atoms with Crippen molar-refractivity contribution in [3.05, 3.63) is 10.4 Å². The molecule has 0 aromatic carbocycles. The second-order valence-electron chi connectivity index (χ2n) is 3.58. The van der Waals surface area contributed by atoms with Crippen molar-refractivity contribution in [1.29, 1.82) is 0 Å². The number of ether oxygens (including phenoxy) is 1. The molecule has 5 heteroatoms. The number of esters is 1. The van der Waals surface area contributed by atoms with E-state index in [2.05, 4.69) is 4.98 Å². The topological polar surface area (TPSA) is 65.2 Å². The highest BCUT2D eigenvalue weighted by Gasteiger charge is 2.19. The van der Waals surface area contributed by atoms with E-state index in [1.165, 1.54) is 11.3 Å². The zero-order valence-electron chi connectivity index (χ0n) is 7.83. The van der Waals surface area contributed by atoms with Gasteiger partial charge in [-0.25, -0.2) is 9.78 Å². The van der Waals surface area contributed by atoms with Crippen molar-refractivity contribution >= 4 is 23.1 Å². The zero-order valence-corrected chi connectivity index (χ0v) is 8.64. The summed E-state index contributed by atoms with van der Waals surface area (Å²) in [6.07, 6.45) is 0. The summed E-state index contributed by atoms with van der Waals surface area (Å²) in [6, 6.07) is 0. The summed E-state index contributed by atoms with van der Waals surface area (Å²) in [5.41, 5.74) is 4.88. The van der Waals surface area contributed by atoms with Crippen LogP contribution in [-0.2, 0) is 4.74 Å². The molecule has 4 nitrogen and oxygen atoms in total. The van der Waals surface area contributed by atoms with Gasteiger partial charge in [-0.1, -0.05) is 0 Å². The van der Waals surface area contributed by atoms with Crippen molar-refractivity contribution in [2.45, 2.75) is 26.4 Å². The van der Waals surface area contributed by atoms with E-state index >= 15 is 0 Å². The first kappa shape index (κ1) is 9.98. The summed E-state index contributed by atoms with van der Waals surface area (Å²) in [4.78, 5) is 15.2. The van der Waals surface area contributed by atoms with E-state index in [0.717, 1.165) is 0 Å². The van der Waals surface area contributed by atoms with E-state index in [4.69, 9.17) is 10.5 Å². The number of nitrogens with two attached hydrogens (primary N) is 1. The first-order valence-corrected chi connectivity index (χ1v) is 4.71. The molecule has 72 valence electrons. The van der Waals surface area contributed by atoms with Gasteiger partial charge in [0.25, 0.3) is 0 Å². The molecule has 2 N–H and O–H groups in total. The van der Waals surface area contributed by atoms with Crippen LogP contribution in [0.5, 0.6) is 0 Å². The summed E-state index contributed by atoms with van der Waals surface area (Å²) < 4.78 is 5.09. The standard InChI is InChI=1S/C8H12N2O2S/c1-8(2,3)12-7(11)6-10-5(9)4-13-6/h4H,9H2,1-3H3. The number of anilines is 1. The van der Waals surface area contributed by atoms with Crippen molar-refractivity contribution in [1.82, 2.24) is 4.98 Å². The molecule has 0 aliphatic heterocycles. The molecule has 0 unspecified atom stereocenters. The van der Waals surface area contributed by atoms with E-state index < -0.39 is 11.6 Å². The van der Waals surface area contributed by atoms with Crippen LogP contribution in [0.1, 0.15) is 30.6 Å². The molecule has 0 saturated heterocycles. The van der Waals surface area contributed by atoms with Gasteiger partial charge in [0, 0.05) is 5.38 Å². The van der Waals surface area contributed by atoms with Gasteiger partial charge in [0.1, 0.15) is 11.4 Å². The Kier molecular flexibility index (Phi) is 2.56. The molecular formula is C8H12N2O2S. The molecule has 0 atom stereocenters. The fraction of sp³-hybridized carbons (Fsp3) is 0.500. The predicted octanol–water partition coefficient (Wildman–Crippen LogP) is 1.68. The lowest BCUT2D eigenvalue weighted by atomic mass is 10.2. The molecule has 0 aliphatic carbocycles. The van der Waals surface area contributed by atoms with E-state index in [1.54, 1.807) is 5.38 Å². The largest absolute Gasteiger partial charge is 0.455 e. The van der Waals surface area contributed by atoms with Crippen molar-refractivity contribution in [2.75, 3.05) is 5.73 Å². The highest BCUT2D eigenvalue weighted by Crippen LogP contribution is 2.16. The van der Waals surface area contributed by atoms with Gasteiger partial charge in [-0.3, -0.25) is 0 Å². The molecule has 1 rings (SSSR count). The van der Waals surface area contributed by atoms with E-state index in [-0.39, 0.29) is 0 Å². The lowest BCUT2D eigenvalue weighted by Gasteiger charge is -2.18. The average molecular weight is 200 g/mol. The van der Waals surface area contributed by atoms with E-state index in [9.17, 15) is 4.79 Å². The SMILES string of the molecule is CC(C)(C)OC(=O)c1nc(N)cs1. The van der Waals surface area contributed by atoms with Crippen LogP contribution in [0.4, 0.5) is 5.82 Å². The van der Waals surface area contributed by atoms with Gasteiger partial charge in [0.15, 0.2) is 0 Å². The van der Waals surface area contributed by atoms with Crippen molar-refractivity contribution < 1.29 is 9.53 Å². The molecule has 0 amide bonds. The quantitative estimate of drug-likeness (QED) is 0.700. The van der Waals surface area contributed by atoms with Crippen LogP contribution in [0.15, 0.2) is 5.38 Å². The normalized spacial score (nSPS) is 11.3. The molecule has 0 spiro atoms. The first-order chi connectivity index (χ1) is 5.88. The number of carbonyl (C=O) groups excluding carboxylic acids is 1. The van der Waals surface area contributed by atoms with Gasteiger partial charge in [-0.15, -0.1) is 11.3 Å². The Hall–Kier alpha value is -1.10. The van der Waals surface area contributed by atoms with Crippen molar-refractivity contribution in [2.24, 2.45) is 0 Å². The van der Waals surface area contributed by atoms with Gasteiger partial charge in [-0.05, 0) is 20.8 Å². The zero-order chi connectivity index (χ0) is 10.1. The maximum absolute atomic E-state index is 11.3. The van der Waals surface area contributed by atoms with Gasteiger partial charge >= 0.3 is 5.97 Å². The minimum atomic E-state index is -0.489. The molecule has 0 bridgehead atoms. The maximum atomic E-state index is 11.3. The number of thiazole rings is 1. The molecule has 1 aromatic rings. The number of nitrogens with zero attached hydrogens (tertiary/aromatic N) is 1. The summed E-state index contributed by atoms with van der Waals surface area (Å²) in [5.74, 6) is -0.0694. The predicted molar refractivity (Wildman–Crippen MR) is 51.7 cm³/mol. The molecule has 0 aliphatic rings. The number of carbonyl (C=O) groups is 1. The van der Waals surface area contributed by atoms with Crippen molar-refractivity contribution in [3.63, 3.8) is 0 Å². The van der Waals surface area contributed by atoms with Crippen LogP contribution in [0, 0.1) is 0 Å². The second kappa shape index (κ2) is 3.33.